The fourth-order valence-corrected chi connectivity index (χ4v) is 1.74. The van der Waals surface area contributed by atoms with E-state index in [4.69, 9.17) is 4.42 Å². The Balaban J connectivity index is 2.12. The van der Waals surface area contributed by atoms with Crippen LogP contribution in [0.3, 0.4) is 0 Å². The van der Waals surface area contributed by atoms with Gasteiger partial charge in [0.25, 0.3) is 0 Å². The molecule has 2 heteroatoms. The van der Waals surface area contributed by atoms with Crippen LogP contribution in [0.25, 0.3) is 11.3 Å². The first-order valence-electron chi connectivity index (χ1n) is 4.81. The van der Waals surface area contributed by atoms with E-state index < -0.39 is 0 Å². The highest BCUT2D eigenvalue weighted by Gasteiger charge is 2.25. The molecular formula is C12H11NO. The van der Waals surface area contributed by atoms with Gasteiger partial charge in [-0.1, -0.05) is 24.3 Å². The summed E-state index contributed by atoms with van der Waals surface area (Å²) in [5.41, 5.74) is 2.54. The number of hydrogen-bond acceptors (Lipinski definition) is 2. The molecule has 0 saturated carbocycles. The van der Waals surface area contributed by atoms with Crippen LogP contribution in [-0.2, 0) is 0 Å². The Hall–Kier alpha value is -1.54. The summed E-state index contributed by atoms with van der Waals surface area (Å²) in [7, 11) is 0. The molecule has 1 N–H and O–H groups in total. The first kappa shape index (κ1) is 7.83. The van der Waals surface area contributed by atoms with Crippen molar-refractivity contribution in [1.29, 1.82) is 0 Å². The normalized spacial score (nSPS) is 19.6. The molecular weight excluding hydrogens is 174 g/mol. The van der Waals surface area contributed by atoms with Crippen LogP contribution in [0.2, 0.25) is 0 Å². The third kappa shape index (κ3) is 1.24. The molecule has 1 aliphatic heterocycles. The van der Waals surface area contributed by atoms with Crippen LogP contribution in [0.1, 0.15) is 11.6 Å². The van der Waals surface area contributed by atoms with E-state index in [2.05, 4.69) is 23.5 Å². The first-order chi connectivity index (χ1) is 6.95. The van der Waals surface area contributed by atoms with E-state index in [0.717, 1.165) is 12.3 Å². The second-order valence-electron chi connectivity index (χ2n) is 3.53. The van der Waals surface area contributed by atoms with Gasteiger partial charge in [-0.3, -0.25) is 0 Å². The average molecular weight is 185 g/mol. The van der Waals surface area contributed by atoms with E-state index in [0.29, 0.717) is 6.04 Å². The van der Waals surface area contributed by atoms with Gasteiger partial charge in [-0.15, -0.1) is 0 Å². The van der Waals surface area contributed by atoms with E-state index in [-0.39, 0.29) is 0 Å². The predicted octanol–water partition coefficient (Wildman–Crippen LogP) is 2.59. The van der Waals surface area contributed by atoms with Crippen molar-refractivity contribution < 1.29 is 4.42 Å². The second-order valence-corrected chi connectivity index (χ2v) is 3.53. The lowest BCUT2D eigenvalue weighted by molar-refractivity contribution is 0.581. The molecule has 1 saturated heterocycles. The molecule has 0 bridgehead atoms. The van der Waals surface area contributed by atoms with Crippen molar-refractivity contribution in [3.8, 4) is 11.3 Å². The van der Waals surface area contributed by atoms with Crippen LogP contribution in [0.15, 0.2) is 47.1 Å². The maximum absolute atomic E-state index is 5.41. The summed E-state index contributed by atoms with van der Waals surface area (Å²) >= 11 is 0. The van der Waals surface area contributed by atoms with Crippen LogP contribution in [0.4, 0.5) is 0 Å². The molecule has 1 aromatic heterocycles. The Kier molecular flexibility index (Phi) is 1.67. The maximum atomic E-state index is 5.41. The molecule has 0 radical (unpaired) electrons. The number of furan rings is 1. The van der Waals surface area contributed by atoms with Gasteiger partial charge in [0.15, 0.2) is 0 Å². The predicted molar refractivity (Wildman–Crippen MR) is 54.9 cm³/mol. The van der Waals surface area contributed by atoms with Gasteiger partial charge in [-0.2, -0.15) is 0 Å². The van der Waals surface area contributed by atoms with E-state index in [1.54, 1.807) is 6.26 Å². The zero-order valence-corrected chi connectivity index (χ0v) is 7.73. The summed E-state index contributed by atoms with van der Waals surface area (Å²) in [5.74, 6) is 0.953. The largest absolute Gasteiger partial charge is 0.464 e. The number of benzene rings is 1. The SMILES string of the molecule is c1coc(-c2ccccc2[C@H]2CN2)c1. The Bertz CT molecular complexity index is 429. The van der Waals surface area contributed by atoms with Crippen molar-refractivity contribution >= 4 is 0 Å². The highest BCUT2D eigenvalue weighted by molar-refractivity contribution is 5.63. The second kappa shape index (κ2) is 3.00. The minimum atomic E-state index is 0.524. The minimum absolute atomic E-state index is 0.524. The first-order valence-corrected chi connectivity index (χ1v) is 4.81. The van der Waals surface area contributed by atoms with Crippen LogP contribution in [-0.4, -0.2) is 6.54 Å². The topological polar surface area (TPSA) is 35.1 Å². The van der Waals surface area contributed by atoms with Crippen LogP contribution in [0, 0.1) is 0 Å². The number of rotatable bonds is 2. The molecule has 14 heavy (non-hydrogen) atoms. The van der Waals surface area contributed by atoms with Crippen molar-refractivity contribution in [2.75, 3.05) is 6.54 Å². The number of hydrogen-bond donors (Lipinski definition) is 1. The average Bonchev–Trinajstić information content (AvgIpc) is 2.94. The van der Waals surface area contributed by atoms with Crippen LogP contribution >= 0.6 is 0 Å². The summed E-state index contributed by atoms with van der Waals surface area (Å²) < 4.78 is 5.41. The molecule has 0 unspecified atom stereocenters. The van der Waals surface area contributed by atoms with Crippen LogP contribution < -0.4 is 5.32 Å². The molecule has 3 rings (SSSR count). The lowest BCUT2D eigenvalue weighted by atomic mass is 10.0. The summed E-state index contributed by atoms with van der Waals surface area (Å²) in [6, 6.07) is 12.8. The summed E-state index contributed by atoms with van der Waals surface area (Å²) in [6.07, 6.45) is 1.71. The van der Waals surface area contributed by atoms with E-state index in [1.165, 1.54) is 11.1 Å². The monoisotopic (exact) mass is 185 g/mol. The molecule has 2 nitrogen and oxygen atoms in total. The van der Waals surface area contributed by atoms with Gasteiger partial charge in [0.1, 0.15) is 5.76 Å². The molecule has 0 spiro atoms. The summed E-state index contributed by atoms with van der Waals surface area (Å²) in [4.78, 5) is 0. The minimum Gasteiger partial charge on any atom is -0.464 e. The zero-order chi connectivity index (χ0) is 9.38. The molecule has 0 amide bonds. The van der Waals surface area contributed by atoms with Gasteiger partial charge in [-0.25, -0.2) is 0 Å². The zero-order valence-electron chi connectivity index (χ0n) is 7.73. The molecule has 70 valence electrons. The van der Waals surface area contributed by atoms with Gasteiger partial charge in [0, 0.05) is 18.2 Å². The summed E-state index contributed by atoms with van der Waals surface area (Å²) in [6.45, 7) is 1.08. The third-order valence-corrected chi connectivity index (χ3v) is 2.53. The number of nitrogens with one attached hydrogen (secondary N) is 1. The standard InChI is InChI=1S/C12H11NO/c1-2-5-10(12-6-3-7-14-12)9(4-1)11-8-13-11/h1-7,11,13H,8H2/t11-/m1/s1. The summed E-state index contributed by atoms with van der Waals surface area (Å²) in [5, 5.41) is 3.31. The highest BCUT2D eigenvalue weighted by Crippen LogP contribution is 2.32. The van der Waals surface area contributed by atoms with Crippen molar-refractivity contribution in [2.24, 2.45) is 0 Å². The van der Waals surface area contributed by atoms with Gasteiger partial charge < -0.3 is 9.73 Å². The molecule has 1 aliphatic rings. The fraction of sp³-hybridized carbons (Fsp3) is 0.167. The van der Waals surface area contributed by atoms with Crippen molar-refractivity contribution in [3.05, 3.63) is 48.2 Å². The Morgan fingerprint density at radius 3 is 2.71 bits per heavy atom. The Morgan fingerprint density at radius 2 is 2.00 bits per heavy atom. The fourth-order valence-electron chi connectivity index (χ4n) is 1.74. The lowest BCUT2D eigenvalue weighted by Gasteiger charge is -2.03. The van der Waals surface area contributed by atoms with E-state index >= 15 is 0 Å². The third-order valence-electron chi connectivity index (χ3n) is 2.53. The Labute approximate surface area is 82.6 Å². The van der Waals surface area contributed by atoms with Gasteiger partial charge in [0.05, 0.1) is 6.26 Å². The molecule has 1 fully saturated rings. The van der Waals surface area contributed by atoms with Gasteiger partial charge in [0.2, 0.25) is 0 Å². The smallest absolute Gasteiger partial charge is 0.134 e. The van der Waals surface area contributed by atoms with Gasteiger partial charge >= 0.3 is 0 Å². The van der Waals surface area contributed by atoms with Crippen molar-refractivity contribution in [3.63, 3.8) is 0 Å². The van der Waals surface area contributed by atoms with Crippen molar-refractivity contribution in [2.45, 2.75) is 6.04 Å². The highest BCUT2D eigenvalue weighted by atomic mass is 16.3. The molecule has 2 heterocycles. The van der Waals surface area contributed by atoms with E-state index in [1.807, 2.05) is 18.2 Å². The lowest BCUT2D eigenvalue weighted by Crippen LogP contribution is -1.88. The molecule has 2 aromatic rings. The Morgan fingerprint density at radius 1 is 1.14 bits per heavy atom. The van der Waals surface area contributed by atoms with Crippen LogP contribution in [0.5, 0.6) is 0 Å². The maximum Gasteiger partial charge on any atom is 0.134 e. The molecule has 1 atom stereocenters. The quantitative estimate of drug-likeness (QED) is 0.730. The van der Waals surface area contributed by atoms with E-state index in [9.17, 15) is 0 Å². The molecule has 0 aliphatic carbocycles. The van der Waals surface area contributed by atoms with Crippen molar-refractivity contribution in [1.82, 2.24) is 5.32 Å². The molecule has 1 aromatic carbocycles. The van der Waals surface area contributed by atoms with Gasteiger partial charge in [-0.05, 0) is 17.7 Å².